The van der Waals surface area contributed by atoms with Gasteiger partial charge in [0.1, 0.15) is 11.9 Å². The largest absolute Gasteiger partial charge is 0.508 e. The van der Waals surface area contributed by atoms with Gasteiger partial charge in [0, 0.05) is 11.5 Å². The Bertz CT molecular complexity index is 413. The summed E-state index contributed by atoms with van der Waals surface area (Å²) in [4.78, 5) is 11.8. The van der Waals surface area contributed by atoms with Gasteiger partial charge in [0.25, 0.3) is 0 Å². The normalized spacial score (nSPS) is 29.0. The molecule has 2 aliphatic rings. The summed E-state index contributed by atoms with van der Waals surface area (Å²) in [7, 11) is 0. The molecule has 0 amide bonds. The van der Waals surface area contributed by atoms with Crippen molar-refractivity contribution >= 4 is 5.97 Å². The molecular formula is C13H16O3. The van der Waals surface area contributed by atoms with Crippen LogP contribution in [-0.2, 0) is 9.53 Å². The van der Waals surface area contributed by atoms with Gasteiger partial charge in [-0.25, -0.2) is 4.79 Å². The van der Waals surface area contributed by atoms with E-state index in [9.17, 15) is 9.90 Å². The van der Waals surface area contributed by atoms with Crippen molar-refractivity contribution < 1.29 is 14.6 Å². The maximum absolute atomic E-state index is 11.8. The fourth-order valence-corrected chi connectivity index (χ4v) is 2.36. The molecule has 1 aliphatic carbocycles. The van der Waals surface area contributed by atoms with Gasteiger partial charge in [-0.3, -0.25) is 0 Å². The molecule has 3 nitrogen and oxygen atoms in total. The predicted molar refractivity (Wildman–Crippen MR) is 60.8 cm³/mol. The third-order valence-electron chi connectivity index (χ3n) is 3.13. The zero-order chi connectivity index (χ0) is 11.9. The van der Waals surface area contributed by atoms with Gasteiger partial charge in [-0.05, 0) is 25.0 Å². The highest BCUT2D eigenvalue weighted by Gasteiger charge is 2.35. The van der Waals surface area contributed by atoms with Crippen molar-refractivity contribution in [2.24, 2.45) is 11.8 Å². The number of carbonyl (C=O) groups is 1. The van der Waals surface area contributed by atoms with Gasteiger partial charge in [0.15, 0.2) is 0 Å². The molecule has 3 heteroatoms. The van der Waals surface area contributed by atoms with Crippen molar-refractivity contribution in [2.75, 3.05) is 0 Å². The average molecular weight is 220 g/mol. The molecule has 0 saturated heterocycles. The number of ether oxygens (including phenoxy) is 1. The molecule has 0 bridgehead atoms. The maximum atomic E-state index is 11.8. The Morgan fingerprint density at radius 2 is 2.12 bits per heavy atom. The van der Waals surface area contributed by atoms with Crippen molar-refractivity contribution in [3.05, 3.63) is 35.1 Å². The number of esters is 1. The summed E-state index contributed by atoms with van der Waals surface area (Å²) >= 11 is 0. The predicted octanol–water partition coefficient (Wildman–Crippen LogP) is 2.51. The fourth-order valence-electron chi connectivity index (χ4n) is 2.36. The fraction of sp³-hybridized carbons (Fsp3) is 0.462. The van der Waals surface area contributed by atoms with Crippen LogP contribution in [0.2, 0.25) is 0 Å². The molecule has 1 N–H and O–H groups in total. The second kappa shape index (κ2) is 3.81. The lowest BCUT2D eigenvalue weighted by molar-refractivity contribution is -0.145. The second-order valence-corrected chi connectivity index (χ2v) is 4.60. The van der Waals surface area contributed by atoms with Crippen LogP contribution in [0, 0.1) is 11.8 Å². The maximum Gasteiger partial charge on any atom is 0.334 e. The van der Waals surface area contributed by atoms with Gasteiger partial charge in [-0.15, -0.1) is 0 Å². The molecule has 2 atom stereocenters. The topological polar surface area (TPSA) is 46.5 Å². The Morgan fingerprint density at radius 1 is 1.44 bits per heavy atom. The number of allylic oxidation sites excluding steroid dienone is 1. The number of aliphatic hydroxyl groups excluding tert-OH is 1. The Hall–Kier alpha value is -1.51. The molecule has 1 heterocycles. The minimum atomic E-state index is -0.347. The summed E-state index contributed by atoms with van der Waals surface area (Å²) in [5.41, 5.74) is 1.82. The second-order valence-electron chi connectivity index (χ2n) is 4.60. The van der Waals surface area contributed by atoms with Gasteiger partial charge < -0.3 is 9.84 Å². The van der Waals surface area contributed by atoms with E-state index < -0.39 is 0 Å². The van der Waals surface area contributed by atoms with Gasteiger partial charge in [0.05, 0.1) is 0 Å². The molecule has 2 unspecified atom stereocenters. The molecular weight excluding hydrogens is 204 g/mol. The van der Waals surface area contributed by atoms with Crippen LogP contribution in [-0.4, -0.2) is 17.2 Å². The monoisotopic (exact) mass is 220 g/mol. The SMILES string of the molecule is CC1=C(C(C)C)C(=O)OC2C=C(O)C=CC12. The number of fused-ring (bicyclic) bond motifs is 1. The Labute approximate surface area is 95.1 Å². The van der Waals surface area contributed by atoms with E-state index in [4.69, 9.17) is 4.74 Å². The van der Waals surface area contributed by atoms with Gasteiger partial charge in [0.2, 0.25) is 0 Å². The van der Waals surface area contributed by atoms with E-state index in [1.54, 1.807) is 12.2 Å². The van der Waals surface area contributed by atoms with Gasteiger partial charge >= 0.3 is 5.97 Å². The molecule has 0 aromatic carbocycles. The molecule has 0 saturated carbocycles. The lowest BCUT2D eigenvalue weighted by Crippen LogP contribution is -2.35. The lowest BCUT2D eigenvalue weighted by atomic mass is 9.82. The molecule has 0 aromatic rings. The smallest absolute Gasteiger partial charge is 0.334 e. The molecule has 0 radical (unpaired) electrons. The summed E-state index contributed by atoms with van der Waals surface area (Å²) in [6.07, 6.45) is 4.79. The summed E-state index contributed by atoms with van der Waals surface area (Å²) in [5, 5.41) is 9.36. The van der Waals surface area contributed by atoms with Crippen LogP contribution in [0.3, 0.4) is 0 Å². The molecule has 86 valence electrons. The zero-order valence-electron chi connectivity index (χ0n) is 9.73. The van der Waals surface area contributed by atoms with Crippen LogP contribution in [0.5, 0.6) is 0 Å². The standard InChI is InChI=1S/C13H16O3/c1-7(2)12-8(3)10-5-4-9(14)6-11(10)16-13(12)15/h4-7,10-11,14H,1-3H3. The van der Waals surface area contributed by atoms with Gasteiger partial charge in [-0.2, -0.15) is 0 Å². The van der Waals surface area contributed by atoms with Crippen LogP contribution < -0.4 is 0 Å². The molecule has 0 spiro atoms. The minimum Gasteiger partial charge on any atom is -0.508 e. The first-order valence-electron chi connectivity index (χ1n) is 5.51. The van der Waals surface area contributed by atoms with Crippen LogP contribution >= 0.6 is 0 Å². The molecule has 1 aliphatic heterocycles. The van der Waals surface area contributed by atoms with Crippen LogP contribution in [0.1, 0.15) is 20.8 Å². The first-order valence-corrected chi connectivity index (χ1v) is 5.51. The minimum absolute atomic E-state index is 0.0750. The van der Waals surface area contributed by atoms with E-state index in [0.29, 0.717) is 0 Å². The van der Waals surface area contributed by atoms with Crippen LogP contribution in [0.15, 0.2) is 35.1 Å². The van der Waals surface area contributed by atoms with Crippen LogP contribution in [0.25, 0.3) is 0 Å². The van der Waals surface area contributed by atoms with E-state index in [-0.39, 0.29) is 29.7 Å². The van der Waals surface area contributed by atoms with E-state index in [0.717, 1.165) is 11.1 Å². The first-order chi connectivity index (χ1) is 7.50. The molecule has 0 fully saturated rings. The zero-order valence-corrected chi connectivity index (χ0v) is 9.73. The van der Waals surface area contributed by atoms with Crippen molar-refractivity contribution in [1.29, 1.82) is 0 Å². The highest BCUT2D eigenvalue weighted by molar-refractivity contribution is 5.91. The summed E-state index contributed by atoms with van der Waals surface area (Å²) in [6, 6.07) is 0. The summed E-state index contributed by atoms with van der Waals surface area (Å²) in [5.74, 6) is 0.148. The highest BCUT2D eigenvalue weighted by atomic mass is 16.5. The Kier molecular flexibility index (Phi) is 2.62. The quantitative estimate of drug-likeness (QED) is 0.691. The Morgan fingerprint density at radius 3 is 2.75 bits per heavy atom. The van der Waals surface area contributed by atoms with E-state index in [1.807, 2.05) is 26.8 Å². The van der Waals surface area contributed by atoms with Crippen molar-refractivity contribution in [3.8, 4) is 0 Å². The molecule has 2 rings (SSSR count). The van der Waals surface area contributed by atoms with E-state index >= 15 is 0 Å². The number of aliphatic hydroxyl groups is 1. The van der Waals surface area contributed by atoms with Crippen molar-refractivity contribution in [2.45, 2.75) is 26.9 Å². The first kappa shape index (κ1) is 11.0. The van der Waals surface area contributed by atoms with E-state index in [1.165, 1.54) is 0 Å². The summed E-state index contributed by atoms with van der Waals surface area (Å²) in [6.45, 7) is 5.94. The Balaban J connectivity index is 2.42. The average Bonchev–Trinajstić information content (AvgIpc) is 2.15. The van der Waals surface area contributed by atoms with Crippen LogP contribution in [0.4, 0.5) is 0 Å². The summed E-state index contributed by atoms with van der Waals surface area (Å²) < 4.78 is 5.32. The third-order valence-corrected chi connectivity index (χ3v) is 3.13. The highest BCUT2D eigenvalue weighted by Crippen LogP contribution is 2.35. The van der Waals surface area contributed by atoms with E-state index in [2.05, 4.69) is 0 Å². The van der Waals surface area contributed by atoms with Gasteiger partial charge in [-0.1, -0.05) is 25.5 Å². The van der Waals surface area contributed by atoms with Crippen molar-refractivity contribution in [1.82, 2.24) is 0 Å². The molecule has 16 heavy (non-hydrogen) atoms. The third kappa shape index (κ3) is 1.66. The van der Waals surface area contributed by atoms with Crippen molar-refractivity contribution in [3.63, 3.8) is 0 Å². The number of hydrogen-bond donors (Lipinski definition) is 1. The molecule has 0 aromatic heterocycles. The number of carbonyl (C=O) groups excluding carboxylic acids is 1. The number of hydrogen-bond acceptors (Lipinski definition) is 3. The lowest BCUT2D eigenvalue weighted by Gasteiger charge is -2.33. The number of rotatable bonds is 1.